The molecule has 1 aliphatic heterocycles. The van der Waals surface area contributed by atoms with Gasteiger partial charge in [0.1, 0.15) is 5.69 Å². The number of amides is 1. The van der Waals surface area contributed by atoms with Gasteiger partial charge in [0.2, 0.25) is 0 Å². The summed E-state index contributed by atoms with van der Waals surface area (Å²) in [6.07, 6.45) is 2.21. The molecule has 0 unspecified atom stereocenters. The second-order valence-corrected chi connectivity index (χ2v) is 5.33. The summed E-state index contributed by atoms with van der Waals surface area (Å²) in [6.45, 7) is 1.73. The molecule has 1 amide bonds. The first-order valence-corrected chi connectivity index (χ1v) is 7.03. The number of pyridine rings is 1. The molecule has 3 heterocycles. The Labute approximate surface area is 110 Å². The van der Waals surface area contributed by atoms with E-state index in [1.807, 2.05) is 34.5 Å². The van der Waals surface area contributed by atoms with Gasteiger partial charge in [-0.25, -0.2) is 4.98 Å². The molecule has 0 atom stereocenters. The van der Waals surface area contributed by atoms with E-state index in [1.165, 1.54) is 0 Å². The average Bonchev–Trinajstić information content (AvgIpc) is 3.11. The molecule has 0 aliphatic carbocycles. The first-order valence-electron chi connectivity index (χ1n) is 6.15. The molecule has 2 aromatic heterocycles. The van der Waals surface area contributed by atoms with Crippen molar-refractivity contribution >= 4 is 17.2 Å². The van der Waals surface area contributed by atoms with E-state index in [2.05, 4.69) is 4.98 Å². The van der Waals surface area contributed by atoms with Crippen LogP contribution in [0.1, 0.15) is 23.3 Å². The number of nitrogens with zero attached hydrogens (tertiary/aromatic N) is 2. The number of rotatable bonds is 2. The third-order valence-electron chi connectivity index (χ3n) is 3.14. The van der Waals surface area contributed by atoms with Gasteiger partial charge in [-0.05, 0) is 36.4 Å². The van der Waals surface area contributed by atoms with Crippen LogP contribution in [0.4, 0.5) is 0 Å². The fraction of sp³-hybridized carbons (Fsp3) is 0.286. The Balaban J connectivity index is 1.89. The highest BCUT2D eigenvalue weighted by molar-refractivity contribution is 7.13. The molecule has 1 fully saturated rings. The zero-order chi connectivity index (χ0) is 12.4. The molecule has 0 radical (unpaired) electrons. The Morgan fingerprint density at radius 3 is 2.72 bits per heavy atom. The Kier molecular flexibility index (Phi) is 3.11. The molecule has 1 saturated heterocycles. The molecule has 2 aromatic rings. The van der Waals surface area contributed by atoms with Gasteiger partial charge in [-0.3, -0.25) is 4.79 Å². The van der Waals surface area contributed by atoms with Crippen molar-refractivity contribution in [2.45, 2.75) is 12.8 Å². The highest BCUT2D eigenvalue weighted by Gasteiger charge is 2.20. The quantitative estimate of drug-likeness (QED) is 0.829. The summed E-state index contributed by atoms with van der Waals surface area (Å²) in [5.74, 6) is 0.0610. The van der Waals surface area contributed by atoms with E-state index < -0.39 is 0 Å². The van der Waals surface area contributed by atoms with Crippen LogP contribution in [0, 0.1) is 0 Å². The molecule has 92 valence electrons. The first kappa shape index (κ1) is 11.4. The van der Waals surface area contributed by atoms with Crippen LogP contribution >= 0.6 is 11.3 Å². The van der Waals surface area contributed by atoms with Gasteiger partial charge in [-0.2, -0.15) is 0 Å². The van der Waals surface area contributed by atoms with Gasteiger partial charge in [0.05, 0.1) is 10.6 Å². The molecule has 0 aromatic carbocycles. The molecule has 0 spiro atoms. The summed E-state index contributed by atoms with van der Waals surface area (Å²) in [7, 11) is 0. The molecule has 3 rings (SSSR count). The number of aromatic nitrogens is 1. The lowest BCUT2D eigenvalue weighted by atomic mass is 10.2. The molecule has 0 saturated carbocycles. The van der Waals surface area contributed by atoms with Crippen molar-refractivity contribution in [2.75, 3.05) is 13.1 Å². The van der Waals surface area contributed by atoms with E-state index in [9.17, 15) is 4.79 Å². The molecule has 0 N–H and O–H groups in total. The number of carbonyl (C=O) groups is 1. The van der Waals surface area contributed by atoms with Crippen molar-refractivity contribution in [2.24, 2.45) is 0 Å². The third-order valence-corrected chi connectivity index (χ3v) is 4.03. The van der Waals surface area contributed by atoms with E-state index in [1.54, 1.807) is 17.4 Å². The third kappa shape index (κ3) is 2.16. The van der Waals surface area contributed by atoms with E-state index in [4.69, 9.17) is 0 Å². The Bertz CT molecular complexity index is 545. The van der Waals surface area contributed by atoms with E-state index in [0.717, 1.165) is 36.5 Å². The van der Waals surface area contributed by atoms with Crippen LogP contribution in [-0.2, 0) is 0 Å². The van der Waals surface area contributed by atoms with Crippen molar-refractivity contribution in [3.05, 3.63) is 41.4 Å². The molecule has 18 heavy (non-hydrogen) atoms. The maximum atomic E-state index is 12.2. The van der Waals surface area contributed by atoms with Crippen LogP contribution in [0.3, 0.4) is 0 Å². The van der Waals surface area contributed by atoms with Crippen molar-refractivity contribution in [3.63, 3.8) is 0 Å². The van der Waals surface area contributed by atoms with Crippen LogP contribution in [0.15, 0.2) is 35.7 Å². The van der Waals surface area contributed by atoms with Gasteiger partial charge in [0, 0.05) is 13.1 Å². The lowest BCUT2D eigenvalue weighted by Gasteiger charge is -2.14. The number of thiophene rings is 1. The number of likely N-dealkylation sites (tertiary alicyclic amines) is 1. The van der Waals surface area contributed by atoms with Crippen LogP contribution in [-0.4, -0.2) is 28.9 Å². The number of carbonyl (C=O) groups excluding carboxylic acids is 1. The fourth-order valence-electron chi connectivity index (χ4n) is 2.20. The lowest BCUT2D eigenvalue weighted by molar-refractivity contribution is 0.0787. The van der Waals surface area contributed by atoms with Crippen LogP contribution in [0.5, 0.6) is 0 Å². The largest absolute Gasteiger partial charge is 0.337 e. The van der Waals surface area contributed by atoms with Gasteiger partial charge in [0.15, 0.2) is 0 Å². The monoisotopic (exact) mass is 258 g/mol. The van der Waals surface area contributed by atoms with Gasteiger partial charge < -0.3 is 4.90 Å². The van der Waals surface area contributed by atoms with E-state index >= 15 is 0 Å². The van der Waals surface area contributed by atoms with Crippen LogP contribution in [0.25, 0.3) is 10.6 Å². The SMILES string of the molecule is O=C(c1cccc(-c2cccs2)n1)N1CCCC1. The highest BCUT2D eigenvalue weighted by atomic mass is 32.1. The van der Waals surface area contributed by atoms with Crippen LogP contribution < -0.4 is 0 Å². The Morgan fingerprint density at radius 1 is 1.17 bits per heavy atom. The summed E-state index contributed by atoms with van der Waals surface area (Å²) in [4.78, 5) is 19.7. The fourth-order valence-corrected chi connectivity index (χ4v) is 2.89. The Morgan fingerprint density at radius 2 is 2.00 bits per heavy atom. The highest BCUT2D eigenvalue weighted by Crippen LogP contribution is 2.23. The van der Waals surface area contributed by atoms with Crippen LogP contribution in [0.2, 0.25) is 0 Å². The van der Waals surface area contributed by atoms with Crippen molar-refractivity contribution in [3.8, 4) is 10.6 Å². The van der Waals surface area contributed by atoms with E-state index in [-0.39, 0.29) is 5.91 Å². The summed E-state index contributed by atoms with van der Waals surface area (Å²) in [6, 6.07) is 9.68. The summed E-state index contributed by atoms with van der Waals surface area (Å²) >= 11 is 1.64. The van der Waals surface area contributed by atoms with Gasteiger partial charge in [-0.15, -0.1) is 11.3 Å². The Hall–Kier alpha value is -1.68. The smallest absolute Gasteiger partial charge is 0.272 e. The molecule has 0 bridgehead atoms. The zero-order valence-electron chi connectivity index (χ0n) is 10.0. The molecule has 3 nitrogen and oxygen atoms in total. The first-order chi connectivity index (χ1) is 8.84. The van der Waals surface area contributed by atoms with Gasteiger partial charge in [0.25, 0.3) is 5.91 Å². The second kappa shape index (κ2) is 4.90. The zero-order valence-corrected chi connectivity index (χ0v) is 10.8. The van der Waals surface area contributed by atoms with Crippen molar-refractivity contribution in [1.29, 1.82) is 0 Å². The molecular weight excluding hydrogens is 244 g/mol. The minimum Gasteiger partial charge on any atom is -0.337 e. The van der Waals surface area contributed by atoms with Gasteiger partial charge in [-0.1, -0.05) is 12.1 Å². The minimum absolute atomic E-state index is 0.0610. The van der Waals surface area contributed by atoms with Crippen molar-refractivity contribution in [1.82, 2.24) is 9.88 Å². The predicted molar refractivity (Wildman–Crippen MR) is 72.7 cm³/mol. The maximum Gasteiger partial charge on any atom is 0.272 e. The van der Waals surface area contributed by atoms with Gasteiger partial charge >= 0.3 is 0 Å². The maximum absolute atomic E-state index is 12.2. The molecule has 4 heteroatoms. The molecular formula is C14H14N2OS. The topological polar surface area (TPSA) is 33.2 Å². The number of hydrogen-bond donors (Lipinski definition) is 0. The summed E-state index contributed by atoms with van der Waals surface area (Å²) in [5, 5.41) is 2.02. The van der Waals surface area contributed by atoms with E-state index in [0.29, 0.717) is 5.69 Å². The lowest BCUT2D eigenvalue weighted by Crippen LogP contribution is -2.28. The minimum atomic E-state index is 0.0610. The average molecular weight is 258 g/mol. The standard InChI is InChI=1S/C14H14N2OS/c17-14(16-8-1-2-9-16)12-6-3-5-11(15-12)13-7-4-10-18-13/h3-7,10H,1-2,8-9H2. The van der Waals surface area contributed by atoms with Crippen molar-refractivity contribution < 1.29 is 4.79 Å². The predicted octanol–water partition coefficient (Wildman–Crippen LogP) is 3.05. The normalized spacial score (nSPS) is 15.0. The summed E-state index contributed by atoms with van der Waals surface area (Å²) < 4.78 is 0. The summed E-state index contributed by atoms with van der Waals surface area (Å²) in [5.41, 5.74) is 1.44. The number of hydrogen-bond acceptors (Lipinski definition) is 3. The second-order valence-electron chi connectivity index (χ2n) is 4.38. The molecule has 1 aliphatic rings.